The van der Waals surface area contributed by atoms with Gasteiger partial charge in [-0.3, -0.25) is 0 Å². The summed E-state index contributed by atoms with van der Waals surface area (Å²) in [7, 11) is 0. The molecule has 2 aromatic rings. The third-order valence-electron chi connectivity index (χ3n) is 2.38. The minimum absolute atomic E-state index is 1.27. The highest BCUT2D eigenvalue weighted by Gasteiger charge is 1.91. The first kappa shape index (κ1) is 11.0. The molecule has 0 saturated heterocycles. The van der Waals surface area contributed by atoms with Gasteiger partial charge in [0, 0.05) is 4.90 Å². The van der Waals surface area contributed by atoms with E-state index in [1.54, 1.807) is 11.8 Å². The molecule has 0 nitrogen and oxygen atoms in total. The van der Waals surface area contributed by atoms with Crippen molar-refractivity contribution in [3.05, 3.63) is 71.1 Å². The van der Waals surface area contributed by atoms with Crippen LogP contribution in [0.2, 0.25) is 0 Å². The lowest BCUT2D eigenvalue weighted by atomic mass is 10.1. The second-order valence-corrected chi connectivity index (χ2v) is 4.57. The van der Waals surface area contributed by atoms with Crippen LogP contribution in [0.4, 0.5) is 0 Å². The fourth-order valence-electron chi connectivity index (χ4n) is 1.46. The third-order valence-corrected chi connectivity index (χ3v) is 3.20. The minimum Gasteiger partial charge on any atom is -0.0981 e. The Kier molecular flexibility index (Phi) is 3.84. The summed E-state index contributed by atoms with van der Waals surface area (Å²) in [6, 6.07) is 18.8. The first-order valence-electron chi connectivity index (χ1n) is 5.30. The first-order valence-corrected chi connectivity index (χ1v) is 6.18. The van der Waals surface area contributed by atoms with Crippen LogP contribution in [-0.4, -0.2) is 0 Å². The summed E-state index contributed by atoms with van der Waals surface area (Å²) >= 11 is 1.74. The van der Waals surface area contributed by atoms with E-state index in [0.717, 1.165) is 0 Å². The van der Waals surface area contributed by atoms with Crippen LogP contribution in [-0.2, 0) is 0 Å². The lowest BCUT2D eigenvalue weighted by Crippen LogP contribution is -1.76. The normalized spacial score (nSPS) is 10.8. The molecule has 0 heterocycles. The largest absolute Gasteiger partial charge is 0.0981 e. The molecule has 0 N–H and O–H groups in total. The van der Waals surface area contributed by atoms with E-state index in [1.807, 2.05) is 6.07 Å². The van der Waals surface area contributed by atoms with Gasteiger partial charge < -0.3 is 0 Å². The van der Waals surface area contributed by atoms with Crippen LogP contribution in [0.3, 0.4) is 0 Å². The van der Waals surface area contributed by atoms with Crippen molar-refractivity contribution in [2.24, 2.45) is 0 Å². The van der Waals surface area contributed by atoms with Crippen LogP contribution >= 0.6 is 11.8 Å². The Morgan fingerprint density at radius 1 is 0.875 bits per heavy atom. The summed E-state index contributed by atoms with van der Waals surface area (Å²) in [5.74, 6) is 0. The van der Waals surface area contributed by atoms with E-state index in [4.69, 9.17) is 0 Å². The SMILES string of the molecule is Cc1ccccc1C=CSc1ccccc1. The van der Waals surface area contributed by atoms with Gasteiger partial charge in [-0.15, -0.1) is 0 Å². The second-order valence-electron chi connectivity index (χ2n) is 3.59. The molecule has 0 saturated carbocycles. The highest BCUT2D eigenvalue weighted by atomic mass is 32.2. The molecule has 0 aliphatic carbocycles. The summed E-state index contributed by atoms with van der Waals surface area (Å²) in [5, 5.41) is 2.14. The number of aryl methyl sites for hydroxylation is 1. The van der Waals surface area contributed by atoms with E-state index in [-0.39, 0.29) is 0 Å². The molecular weight excluding hydrogens is 212 g/mol. The molecule has 1 heteroatoms. The Balaban J connectivity index is 2.03. The Bertz CT molecular complexity index is 472. The van der Waals surface area contributed by atoms with Crippen molar-refractivity contribution in [2.75, 3.05) is 0 Å². The molecule has 0 aliphatic rings. The molecule has 0 spiro atoms. The lowest BCUT2D eigenvalue weighted by molar-refractivity contribution is 1.44. The van der Waals surface area contributed by atoms with E-state index in [9.17, 15) is 0 Å². The Morgan fingerprint density at radius 3 is 2.31 bits per heavy atom. The van der Waals surface area contributed by atoms with E-state index < -0.39 is 0 Å². The van der Waals surface area contributed by atoms with Gasteiger partial charge in [-0.05, 0) is 41.7 Å². The van der Waals surface area contributed by atoms with Crippen molar-refractivity contribution in [1.29, 1.82) is 0 Å². The molecule has 2 rings (SSSR count). The average Bonchev–Trinajstić information content (AvgIpc) is 2.33. The molecule has 0 aromatic heterocycles. The third kappa shape index (κ3) is 3.01. The van der Waals surface area contributed by atoms with Crippen molar-refractivity contribution >= 4 is 17.8 Å². The Labute approximate surface area is 101 Å². The van der Waals surface area contributed by atoms with Gasteiger partial charge in [-0.25, -0.2) is 0 Å². The maximum atomic E-state index is 2.16. The van der Waals surface area contributed by atoms with E-state index in [0.29, 0.717) is 0 Å². The van der Waals surface area contributed by atoms with Crippen LogP contribution < -0.4 is 0 Å². The number of hydrogen-bond donors (Lipinski definition) is 0. The second kappa shape index (κ2) is 5.57. The molecule has 0 amide bonds. The summed E-state index contributed by atoms with van der Waals surface area (Å²) in [6.07, 6.45) is 2.16. The van der Waals surface area contributed by atoms with Gasteiger partial charge in [0.25, 0.3) is 0 Å². The van der Waals surface area contributed by atoms with Gasteiger partial charge in [0.1, 0.15) is 0 Å². The Hall–Kier alpha value is -1.47. The zero-order valence-corrected chi connectivity index (χ0v) is 10.1. The molecule has 80 valence electrons. The maximum absolute atomic E-state index is 2.16. The standard InChI is InChI=1S/C15H14S/c1-13-7-5-6-8-14(13)11-12-16-15-9-3-2-4-10-15/h2-12H,1H3. The van der Waals surface area contributed by atoms with Gasteiger partial charge in [0.15, 0.2) is 0 Å². The van der Waals surface area contributed by atoms with Gasteiger partial charge in [0.2, 0.25) is 0 Å². The monoisotopic (exact) mass is 226 g/mol. The molecule has 0 radical (unpaired) electrons. The average molecular weight is 226 g/mol. The summed E-state index contributed by atoms with van der Waals surface area (Å²) in [5.41, 5.74) is 2.60. The van der Waals surface area contributed by atoms with Crippen LogP contribution in [0.5, 0.6) is 0 Å². The minimum atomic E-state index is 1.27. The van der Waals surface area contributed by atoms with E-state index in [1.165, 1.54) is 16.0 Å². The zero-order chi connectivity index (χ0) is 11.2. The van der Waals surface area contributed by atoms with E-state index in [2.05, 4.69) is 66.9 Å². The van der Waals surface area contributed by atoms with Gasteiger partial charge in [-0.1, -0.05) is 54.2 Å². The van der Waals surface area contributed by atoms with Crippen LogP contribution in [0.15, 0.2) is 64.9 Å². The summed E-state index contributed by atoms with van der Waals surface area (Å²) < 4.78 is 0. The molecule has 2 aromatic carbocycles. The number of hydrogen-bond acceptors (Lipinski definition) is 1. The van der Waals surface area contributed by atoms with Crippen molar-refractivity contribution < 1.29 is 0 Å². The first-order chi connectivity index (χ1) is 7.86. The molecule has 16 heavy (non-hydrogen) atoms. The zero-order valence-electron chi connectivity index (χ0n) is 9.26. The predicted octanol–water partition coefficient (Wildman–Crippen LogP) is 4.76. The predicted molar refractivity (Wildman–Crippen MR) is 72.5 cm³/mol. The number of rotatable bonds is 3. The molecule has 0 aliphatic heterocycles. The lowest BCUT2D eigenvalue weighted by Gasteiger charge is -1.98. The van der Waals surface area contributed by atoms with Gasteiger partial charge in [-0.2, -0.15) is 0 Å². The van der Waals surface area contributed by atoms with Crippen molar-refractivity contribution in [2.45, 2.75) is 11.8 Å². The molecule has 0 fully saturated rings. The van der Waals surface area contributed by atoms with Crippen LogP contribution in [0.25, 0.3) is 6.08 Å². The van der Waals surface area contributed by atoms with Crippen molar-refractivity contribution in [3.8, 4) is 0 Å². The smallest absolute Gasteiger partial charge is 0.0116 e. The topological polar surface area (TPSA) is 0 Å². The highest BCUT2D eigenvalue weighted by Crippen LogP contribution is 2.20. The van der Waals surface area contributed by atoms with E-state index >= 15 is 0 Å². The van der Waals surface area contributed by atoms with Gasteiger partial charge in [0.05, 0.1) is 0 Å². The van der Waals surface area contributed by atoms with Crippen LogP contribution in [0, 0.1) is 6.92 Å². The molecular formula is C15H14S. The quantitative estimate of drug-likeness (QED) is 0.680. The summed E-state index contributed by atoms with van der Waals surface area (Å²) in [4.78, 5) is 1.27. The number of thioether (sulfide) groups is 1. The fourth-order valence-corrected chi connectivity index (χ4v) is 2.14. The highest BCUT2D eigenvalue weighted by molar-refractivity contribution is 8.02. The van der Waals surface area contributed by atoms with Crippen LogP contribution in [0.1, 0.15) is 11.1 Å². The molecule has 0 atom stereocenters. The maximum Gasteiger partial charge on any atom is 0.0116 e. The van der Waals surface area contributed by atoms with Gasteiger partial charge >= 0.3 is 0 Å². The van der Waals surface area contributed by atoms with Crippen molar-refractivity contribution in [3.63, 3.8) is 0 Å². The fraction of sp³-hybridized carbons (Fsp3) is 0.0667. The Morgan fingerprint density at radius 2 is 1.56 bits per heavy atom. The molecule has 0 unspecified atom stereocenters. The number of benzene rings is 2. The molecule has 0 bridgehead atoms. The summed E-state index contributed by atoms with van der Waals surface area (Å²) in [6.45, 7) is 2.13. The van der Waals surface area contributed by atoms with Crippen molar-refractivity contribution in [1.82, 2.24) is 0 Å².